The number of aromatic amines is 1. The molecular formula is C16H19N7O2. The first-order valence-corrected chi connectivity index (χ1v) is 7.86. The zero-order valence-corrected chi connectivity index (χ0v) is 14.2. The Morgan fingerprint density at radius 1 is 1.40 bits per heavy atom. The summed E-state index contributed by atoms with van der Waals surface area (Å²) in [6.45, 7) is 4.62. The Hall–Kier alpha value is -3.23. The number of imidazole rings is 1. The number of aryl methyl sites for hydroxylation is 1. The molecule has 0 radical (unpaired) electrons. The lowest BCUT2D eigenvalue weighted by Crippen LogP contribution is -2.29. The lowest BCUT2D eigenvalue weighted by Gasteiger charge is -2.10. The van der Waals surface area contributed by atoms with Crippen LogP contribution >= 0.6 is 0 Å². The van der Waals surface area contributed by atoms with Crippen molar-refractivity contribution in [2.75, 3.05) is 5.43 Å². The number of hydrogen-bond donors (Lipinski definition) is 2. The first kappa shape index (κ1) is 16.6. The Bertz CT molecular complexity index is 1030. The molecule has 0 aliphatic heterocycles. The number of aromatic nitrogens is 5. The molecule has 0 atom stereocenters. The van der Waals surface area contributed by atoms with Gasteiger partial charge in [0.25, 0.3) is 5.56 Å². The highest BCUT2D eigenvalue weighted by Crippen LogP contribution is 2.17. The normalized spacial score (nSPS) is 11.7. The number of nitrogens with zero attached hydrogens (tertiary/aromatic N) is 5. The molecule has 0 bridgehead atoms. The number of hydrazone groups is 1. The number of fused-ring (bicyclic) bond motifs is 1. The Morgan fingerprint density at radius 3 is 2.88 bits per heavy atom. The number of pyridine rings is 1. The minimum atomic E-state index is -0.503. The topological polar surface area (TPSA) is 110 Å². The van der Waals surface area contributed by atoms with E-state index in [9.17, 15) is 9.59 Å². The van der Waals surface area contributed by atoms with Crippen molar-refractivity contribution in [3.8, 4) is 0 Å². The molecule has 25 heavy (non-hydrogen) atoms. The van der Waals surface area contributed by atoms with Crippen LogP contribution < -0.4 is 16.7 Å². The molecule has 0 saturated heterocycles. The Kier molecular flexibility index (Phi) is 4.46. The summed E-state index contributed by atoms with van der Waals surface area (Å²) in [5, 5.41) is 4.16. The molecule has 130 valence electrons. The van der Waals surface area contributed by atoms with Gasteiger partial charge in [-0.3, -0.25) is 19.3 Å². The van der Waals surface area contributed by atoms with E-state index in [1.54, 1.807) is 30.2 Å². The van der Waals surface area contributed by atoms with Crippen molar-refractivity contribution >= 4 is 23.3 Å². The van der Waals surface area contributed by atoms with Crippen molar-refractivity contribution in [3.63, 3.8) is 0 Å². The van der Waals surface area contributed by atoms with Crippen molar-refractivity contribution in [1.82, 2.24) is 24.1 Å². The number of nitrogens with one attached hydrogen (secondary N) is 2. The third-order valence-electron chi connectivity index (χ3n) is 3.62. The van der Waals surface area contributed by atoms with Crippen molar-refractivity contribution in [1.29, 1.82) is 0 Å². The molecule has 0 aromatic carbocycles. The van der Waals surface area contributed by atoms with Gasteiger partial charge in [-0.1, -0.05) is 19.9 Å². The van der Waals surface area contributed by atoms with Gasteiger partial charge in [0.2, 0.25) is 5.95 Å². The van der Waals surface area contributed by atoms with E-state index in [0.717, 1.165) is 5.56 Å². The van der Waals surface area contributed by atoms with E-state index in [2.05, 4.69) is 25.5 Å². The van der Waals surface area contributed by atoms with Crippen LogP contribution in [0.3, 0.4) is 0 Å². The first-order chi connectivity index (χ1) is 12.0. The second-order valence-electron chi connectivity index (χ2n) is 6.09. The molecule has 0 saturated carbocycles. The third kappa shape index (κ3) is 3.35. The maximum atomic E-state index is 12.3. The summed E-state index contributed by atoms with van der Waals surface area (Å²) in [4.78, 5) is 34.8. The van der Waals surface area contributed by atoms with E-state index in [-0.39, 0.29) is 5.92 Å². The maximum Gasteiger partial charge on any atom is 0.329 e. The van der Waals surface area contributed by atoms with E-state index in [1.807, 2.05) is 26.0 Å². The van der Waals surface area contributed by atoms with Crippen LogP contribution in [0.2, 0.25) is 0 Å². The van der Waals surface area contributed by atoms with Gasteiger partial charge in [-0.05, 0) is 12.0 Å². The summed E-state index contributed by atoms with van der Waals surface area (Å²) in [6.07, 6.45) is 4.96. The molecule has 0 aliphatic rings. The lowest BCUT2D eigenvalue weighted by atomic mass is 10.2. The lowest BCUT2D eigenvalue weighted by molar-refractivity contribution is 0.535. The summed E-state index contributed by atoms with van der Waals surface area (Å²) >= 11 is 0. The number of rotatable bonds is 5. The van der Waals surface area contributed by atoms with Crippen molar-refractivity contribution in [3.05, 3.63) is 50.9 Å². The first-order valence-electron chi connectivity index (χ1n) is 7.86. The van der Waals surface area contributed by atoms with Crippen LogP contribution in [0.15, 0.2) is 39.2 Å². The van der Waals surface area contributed by atoms with E-state index >= 15 is 0 Å². The predicted octanol–water partition coefficient (Wildman–Crippen LogP) is 0.920. The van der Waals surface area contributed by atoms with Crippen LogP contribution in [0.25, 0.3) is 11.2 Å². The highest BCUT2D eigenvalue weighted by molar-refractivity contribution is 5.80. The standard InChI is InChI=1S/C16H19N7O2/c1-10(2)9-23-12-13(22(3)16(25)20-14(12)24)19-15(23)21-18-8-11-5-4-6-17-7-11/h4-8,10H,9H2,1-3H3,(H,19,21)(H,20,24,25)/b18-8+. The van der Waals surface area contributed by atoms with Crippen LogP contribution in [0.1, 0.15) is 19.4 Å². The number of hydrogen-bond acceptors (Lipinski definition) is 6. The van der Waals surface area contributed by atoms with E-state index in [4.69, 9.17) is 0 Å². The molecular weight excluding hydrogens is 322 g/mol. The fraction of sp³-hybridized carbons (Fsp3) is 0.312. The van der Waals surface area contributed by atoms with Crippen LogP contribution in [0.5, 0.6) is 0 Å². The van der Waals surface area contributed by atoms with E-state index in [1.165, 1.54) is 4.57 Å². The van der Waals surface area contributed by atoms with E-state index in [0.29, 0.717) is 23.7 Å². The Morgan fingerprint density at radius 2 is 2.20 bits per heavy atom. The van der Waals surface area contributed by atoms with Crippen LogP contribution in [0.4, 0.5) is 5.95 Å². The molecule has 3 rings (SSSR count). The molecule has 9 heteroatoms. The van der Waals surface area contributed by atoms with Crippen LogP contribution in [-0.2, 0) is 13.6 Å². The molecule has 3 aromatic rings. The fourth-order valence-electron chi connectivity index (χ4n) is 2.48. The molecule has 0 aliphatic carbocycles. The number of anilines is 1. The summed E-state index contributed by atoms with van der Waals surface area (Å²) in [5.41, 5.74) is 3.37. The summed E-state index contributed by atoms with van der Waals surface area (Å²) < 4.78 is 3.04. The minimum absolute atomic E-state index is 0.275. The molecule has 2 N–H and O–H groups in total. The average Bonchev–Trinajstić information content (AvgIpc) is 2.92. The zero-order chi connectivity index (χ0) is 18.0. The van der Waals surface area contributed by atoms with Crippen LogP contribution in [-0.4, -0.2) is 30.3 Å². The second kappa shape index (κ2) is 6.71. The van der Waals surface area contributed by atoms with Crippen molar-refractivity contribution in [2.45, 2.75) is 20.4 Å². The van der Waals surface area contributed by atoms with Gasteiger partial charge in [0, 0.05) is 31.5 Å². The summed E-state index contributed by atoms with van der Waals surface area (Å²) in [7, 11) is 1.57. The SMILES string of the molecule is CC(C)Cn1c(N/N=C/c2cccnc2)nc2c1c(=O)[nH]c(=O)n2C. The minimum Gasteiger partial charge on any atom is -0.303 e. The molecule has 3 heterocycles. The molecule has 0 unspecified atom stereocenters. The quantitative estimate of drug-likeness (QED) is 0.530. The third-order valence-corrected chi connectivity index (χ3v) is 3.62. The number of H-pyrrole nitrogens is 1. The predicted molar refractivity (Wildman–Crippen MR) is 95.9 cm³/mol. The van der Waals surface area contributed by atoms with Gasteiger partial charge >= 0.3 is 5.69 Å². The highest BCUT2D eigenvalue weighted by atomic mass is 16.2. The van der Waals surface area contributed by atoms with Gasteiger partial charge in [-0.15, -0.1) is 0 Å². The van der Waals surface area contributed by atoms with Gasteiger partial charge in [0.15, 0.2) is 11.2 Å². The van der Waals surface area contributed by atoms with Gasteiger partial charge in [0.05, 0.1) is 6.21 Å². The zero-order valence-electron chi connectivity index (χ0n) is 14.2. The average molecular weight is 341 g/mol. The largest absolute Gasteiger partial charge is 0.329 e. The highest BCUT2D eigenvalue weighted by Gasteiger charge is 2.17. The Balaban J connectivity index is 2.06. The van der Waals surface area contributed by atoms with Crippen LogP contribution in [0, 0.1) is 5.92 Å². The second-order valence-corrected chi connectivity index (χ2v) is 6.09. The summed E-state index contributed by atoms with van der Waals surface area (Å²) in [5.74, 6) is 0.674. The molecule has 9 nitrogen and oxygen atoms in total. The summed E-state index contributed by atoms with van der Waals surface area (Å²) in [6, 6.07) is 3.67. The van der Waals surface area contributed by atoms with Crippen molar-refractivity contribution < 1.29 is 0 Å². The van der Waals surface area contributed by atoms with E-state index < -0.39 is 11.2 Å². The molecule has 3 aromatic heterocycles. The molecule has 0 spiro atoms. The van der Waals surface area contributed by atoms with Gasteiger partial charge in [-0.25, -0.2) is 10.2 Å². The molecule has 0 fully saturated rings. The fourth-order valence-corrected chi connectivity index (χ4v) is 2.48. The van der Waals surface area contributed by atoms with Gasteiger partial charge in [0.1, 0.15) is 0 Å². The monoisotopic (exact) mass is 341 g/mol. The smallest absolute Gasteiger partial charge is 0.303 e. The van der Waals surface area contributed by atoms with Gasteiger partial charge < -0.3 is 4.57 Å². The Labute approximate surface area is 143 Å². The van der Waals surface area contributed by atoms with Gasteiger partial charge in [-0.2, -0.15) is 10.1 Å². The van der Waals surface area contributed by atoms with Crippen molar-refractivity contribution in [2.24, 2.45) is 18.1 Å². The maximum absolute atomic E-state index is 12.3. The molecule has 0 amide bonds.